The maximum absolute atomic E-state index is 1.67. The van der Waals surface area contributed by atoms with E-state index < -0.39 is 0 Å². The number of hydrogen-bond acceptors (Lipinski definition) is 0. The molecule has 0 aromatic rings. The van der Waals surface area contributed by atoms with Gasteiger partial charge in [0.25, 0.3) is 0 Å². The van der Waals surface area contributed by atoms with E-state index in [9.17, 15) is 0 Å². The second-order valence-corrected chi connectivity index (χ2v) is 5.74. The Morgan fingerprint density at radius 2 is 1.60 bits per heavy atom. The predicted octanol–water partition coefficient (Wildman–Crippen LogP) is 1.32. The third-order valence-corrected chi connectivity index (χ3v) is 4.99. The van der Waals surface area contributed by atoms with Gasteiger partial charge in [0.1, 0.15) is 0 Å². The van der Waals surface area contributed by atoms with Crippen LogP contribution in [-0.4, -0.2) is 21.1 Å². The summed E-state index contributed by atoms with van der Waals surface area (Å²) in [4.78, 5) is 0. The molecule has 28 valence electrons. The molecule has 5 heavy (non-hydrogen) atoms. The molecule has 1 saturated heterocycles. The summed E-state index contributed by atoms with van der Waals surface area (Å²) in [6.45, 7) is 0. The van der Waals surface area contributed by atoms with Crippen molar-refractivity contribution in [3.8, 4) is 0 Å². The van der Waals surface area contributed by atoms with Gasteiger partial charge >= 0.3 is 42.9 Å². The Morgan fingerprint density at radius 1 is 1.00 bits per heavy atom. The second-order valence-electron chi connectivity index (χ2n) is 1.46. The van der Waals surface area contributed by atoms with Crippen LogP contribution in [0, 0.1) is 0 Å². The molecule has 0 saturated carbocycles. The van der Waals surface area contributed by atoms with Gasteiger partial charge in [-0.2, -0.15) is 0 Å². The summed E-state index contributed by atoms with van der Waals surface area (Å²) >= 11 is 0.329. The Balaban J connectivity index is 2.08. The van der Waals surface area contributed by atoms with E-state index in [1.54, 1.807) is 21.7 Å². The summed E-state index contributed by atoms with van der Waals surface area (Å²) < 4.78 is 3.34. The first-order valence-electron chi connectivity index (χ1n) is 2.21. The van der Waals surface area contributed by atoms with Crippen LogP contribution in [0.5, 0.6) is 0 Å². The zero-order valence-corrected chi connectivity index (χ0v) is 6.18. The fourth-order valence-corrected chi connectivity index (χ4v) is 4.19. The van der Waals surface area contributed by atoms with Crippen molar-refractivity contribution >= 4 is 21.1 Å². The fourth-order valence-electron chi connectivity index (χ4n) is 0.625. The molecular weight excluding hydrogens is 167 g/mol. The third-order valence-electron chi connectivity index (χ3n) is 0.957. The van der Waals surface area contributed by atoms with Crippen LogP contribution in [0.3, 0.4) is 0 Å². The first-order chi connectivity index (χ1) is 2.50. The van der Waals surface area contributed by atoms with Gasteiger partial charge in [0.2, 0.25) is 0 Å². The van der Waals surface area contributed by atoms with E-state index in [-0.39, 0.29) is 0 Å². The van der Waals surface area contributed by atoms with E-state index in [0.29, 0.717) is 21.1 Å². The Bertz CT molecular complexity index is 15.2. The summed E-state index contributed by atoms with van der Waals surface area (Å²) in [5.74, 6) is 0. The van der Waals surface area contributed by atoms with Crippen LogP contribution in [0.25, 0.3) is 0 Å². The summed E-state index contributed by atoms with van der Waals surface area (Å²) in [7, 11) is 0. The second kappa shape index (κ2) is 2.06. The van der Waals surface area contributed by atoms with Gasteiger partial charge in [0.05, 0.1) is 0 Å². The fraction of sp³-hybridized carbons (Fsp3) is 1.00. The summed E-state index contributed by atoms with van der Waals surface area (Å²) in [5, 5.41) is 0. The van der Waals surface area contributed by atoms with E-state index in [1.165, 1.54) is 0 Å². The van der Waals surface area contributed by atoms with Crippen molar-refractivity contribution in [1.29, 1.82) is 0 Å². The minimum atomic E-state index is 0.329. The van der Waals surface area contributed by atoms with Crippen molar-refractivity contribution < 1.29 is 0 Å². The SMILES string of the molecule is C1C[CH2][Sn][CH2]1. The Kier molecular flexibility index (Phi) is 1.64. The van der Waals surface area contributed by atoms with Gasteiger partial charge in [-0.3, -0.25) is 0 Å². The van der Waals surface area contributed by atoms with Gasteiger partial charge in [-0.15, -0.1) is 0 Å². The molecule has 0 aliphatic carbocycles. The van der Waals surface area contributed by atoms with Crippen LogP contribution < -0.4 is 0 Å². The van der Waals surface area contributed by atoms with Gasteiger partial charge in [-0.25, -0.2) is 0 Å². The van der Waals surface area contributed by atoms with Gasteiger partial charge in [0.15, 0.2) is 0 Å². The third kappa shape index (κ3) is 1.12. The molecule has 0 N–H and O–H groups in total. The van der Waals surface area contributed by atoms with E-state index in [1.807, 2.05) is 0 Å². The van der Waals surface area contributed by atoms with E-state index in [2.05, 4.69) is 0 Å². The topological polar surface area (TPSA) is 0 Å². The molecule has 0 amide bonds. The van der Waals surface area contributed by atoms with Crippen molar-refractivity contribution in [2.45, 2.75) is 21.7 Å². The molecule has 1 aliphatic rings. The molecular formula is C4H8Sn. The van der Waals surface area contributed by atoms with E-state index in [0.717, 1.165) is 0 Å². The monoisotopic (exact) mass is 176 g/mol. The molecule has 0 spiro atoms. The van der Waals surface area contributed by atoms with Crippen LogP contribution in [0.2, 0.25) is 8.87 Å². The average molecular weight is 175 g/mol. The molecule has 0 aromatic carbocycles. The molecule has 0 nitrogen and oxygen atoms in total. The first kappa shape index (κ1) is 3.97. The van der Waals surface area contributed by atoms with Crippen LogP contribution in [0.4, 0.5) is 0 Å². The molecule has 0 atom stereocenters. The van der Waals surface area contributed by atoms with Crippen molar-refractivity contribution in [1.82, 2.24) is 0 Å². The maximum atomic E-state index is 1.67. The molecule has 1 rings (SSSR count). The van der Waals surface area contributed by atoms with Gasteiger partial charge in [-0.05, 0) is 0 Å². The van der Waals surface area contributed by atoms with Crippen molar-refractivity contribution in [3.63, 3.8) is 0 Å². The number of hydrogen-bond donors (Lipinski definition) is 0. The van der Waals surface area contributed by atoms with Crippen LogP contribution in [-0.2, 0) is 0 Å². The van der Waals surface area contributed by atoms with Crippen LogP contribution in [0.15, 0.2) is 0 Å². The van der Waals surface area contributed by atoms with Gasteiger partial charge < -0.3 is 0 Å². The predicted molar refractivity (Wildman–Crippen MR) is 24.6 cm³/mol. The molecule has 1 aliphatic heterocycles. The van der Waals surface area contributed by atoms with E-state index in [4.69, 9.17) is 0 Å². The molecule has 0 bridgehead atoms. The average Bonchev–Trinajstić information content (AvgIpc) is 1.76. The number of rotatable bonds is 0. The van der Waals surface area contributed by atoms with Crippen molar-refractivity contribution in [2.75, 3.05) is 0 Å². The summed E-state index contributed by atoms with van der Waals surface area (Å²) in [5.41, 5.74) is 0. The zero-order valence-electron chi connectivity index (χ0n) is 3.33. The molecule has 0 unspecified atom stereocenters. The normalized spacial score (nSPS) is 24.0. The molecule has 0 aromatic heterocycles. The standard InChI is InChI=1S/C4H8.Sn/c1-3-4-2;/h1-4H2;. The Labute approximate surface area is 43.2 Å². The van der Waals surface area contributed by atoms with Gasteiger partial charge in [-0.1, -0.05) is 0 Å². The molecule has 1 heteroatoms. The minimum absolute atomic E-state index is 0.329. The van der Waals surface area contributed by atoms with Crippen molar-refractivity contribution in [2.24, 2.45) is 0 Å². The summed E-state index contributed by atoms with van der Waals surface area (Å²) in [6.07, 6.45) is 3.15. The summed E-state index contributed by atoms with van der Waals surface area (Å²) in [6, 6.07) is 0. The van der Waals surface area contributed by atoms with E-state index >= 15 is 0 Å². The molecule has 1 fully saturated rings. The van der Waals surface area contributed by atoms with Crippen LogP contribution in [0.1, 0.15) is 12.8 Å². The quantitative estimate of drug-likeness (QED) is 0.487. The molecule has 1 heterocycles. The zero-order chi connectivity index (χ0) is 3.54. The Morgan fingerprint density at radius 3 is 1.80 bits per heavy atom. The first-order valence-corrected chi connectivity index (χ1v) is 6.24. The van der Waals surface area contributed by atoms with Crippen molar-refractivity contribution in [3.05, 3.63) is 0 Å². The molecule has 2 radical (unpaired) electrons. The van der Waals surface area contributed by atoms with Gasteiger partial charge in [0, 0.05) is 0 Å². The Hall–Kier alpha value is 0.799. The van der Waals surface area contributed by atoms with Crippen LogP contribution >= 0.6 is 0 Å².